The summed E-state index contributed by atoms with van der Waals surface area (Å²) in [6, 6.07) is 13.2. The summed E-state index contributed by atoms with van der Waals surface area (Å²) in [6.07, 6.45) is -0.576. The highest BCUT2D eigenvalue weighted by Gasteiger charge is 2.27. The number of amides is 1. The Morgan fingerprint density at radius 1 is 1.04 bits per heavy atom. The van der Waals surface area contributed by atoms with Crippen molar-refractivity contribution >= 4 is 17.9 Å². The van der Waals surface area contributed by atoms with Gasteiger partial charge in [0.05, 0.1) is 12.7 Å². The minimum absolute atomic E-state index is 0.0699. The number of carbonyl (C=O) groups excluding carboxylic acids is 2. The largest absolute Gasteiger partial charge is 0.485 e. The van der Waals surface area contributed by atoms with Gasteiger partial charge in [0.15, 0.2) is 11.5 Å². The van der Waals surface area contributed by atoms with Crippen LogP contribution < -0.4 is 14.8 Å². The summed E-state index contributed by atoms with van der Waals surface area (Å²) in [5.74, 6) is 0.462. The summed E-state index contributed by atoms with van der Waals surface area (Å²) in [7, 11) is 1.29. The monoisotopic (exact) mass is 381 g/mol. The number of fused-ring (bicyclic) bond motifs is 1. The predicted octanol–water partition coefficient (Wildman–Crippen LogP) is 2.62. The molecule has 0 saturated carbocycles. The van der Waals surface area contributed by atoms with Gasteiger partial charge >= 0.3 is 12.0 Å². The Balaban J connectivity index is 1.42. The molecule has 28 heavy (non-hydrogen) atoms. The lowest BCUT2D eigenvalue weighted by atomic mass is 10.1. The third-order valence-electron chi connectivity index (χ3n) is 4.01. The number of nitrogens with zero attached hydrogens (tertiary/aromatic N) is 2. The van der Waals surface area contributed by atoms with Gasteiger partial charge in [0, 0.05) is 5.56 Å². The zero-order chi connectivity index (χ0) is 19.5. The number of anilines is 1. The van der Waals surface area contributed by atoms with Crippen LogP contribution in [0.25, 0.3) is 0 Å². The molecule has 0 unspecified atom stereocenters. The van der Waals surface area contributed by atoms with Crippen molar-refractivity contribution in [3.05, 3.63) is 65.5 Å². The lowest BCUT2D eigenvalue weighted by molar-refractivity contribution is 0.0600. The van der Waals surface area contributed by atoms with E-state index in [1.165, 1.54) is 31.4 Å². The van der Waals surface area contributed by atoms with Gasteiger partial charge < -0.3 is 18.6 Å². The van der Waals surface area contributed by atoms with Gasteiger partial charge in [-0.3, -0.25) is 10.1 Å². The summed E-state index contributed by atoms with van der Waals surface area (Å²) >= 11 is 0. The van der Waals surface area contributed by atoms with E-state index in [9.17, 15) is 9.59 Å². The minimum atomic E-state index is -0.576. The molecule has 9 heteroatoms. The zero-order valence-electron chi connectivity index (χ0n) is 14.7. The first kappa shape index (κ1) is 17.5. The molecule has 1 aromatic heterocycles. The van der Waals surface area contributed by atoms with Crippen molar-refractivity contribution in [3.8, 4) is 11.5 Å². The molecule has 1 amide bonds. The summed E-state index contributed by atoms with van der Waals surface area (Å²) in [5, 5.41) is 10.2. The minimum Gasteiger partial charge on any atom is -0.485 e. The molecule has 0 aliphatic carbocycles. The van der Waals surface area contributed by atoms with Crippen molar-refractivity contribution < 1.29 is 28.2 Å². The topological polar surface area (TPSA) is 113 Å². The van der Waals surface area contributed by atoms with Crippen molar-refractivity contribution in [2.75, 3.05) is 19.0 Å². The van der Waals surface area contributed by atoms with E-state index >= 15 is 0 Å². The van der Waals surface area contributed by atoms with Crippen LogP contribution in [-0.2, 0) is 4.74 Å². The Morgan fingerprint density at radius 2 is 1.75 bits per heavy atom. The normalized spacial score (nSPS) is 15.0. The Morgan fingerprint density at radius 3 is 2.50 bits per heavy atom. The van der Waals surface area contributed by atoms with E-state index in [2.05, 4.69) is 20.3 Å². The van der Waals surface area contributed by atoms with E-state index < -0.39 is 18.0 Å². The van der Waals surface area contributed by atoms with Crippen LogP contribution in [0.5, 0.6) is 11.5 Å². The fraction of sp³-hybridized carbons (Fsp3) is 0.158. The van der Waals surface area contributed by atoms with Crippen molar-refractivity contribution in [2.45, 2.75) is 6.10 Å². The number of rotatable bonds is 4. The highest BCUT2D eigenvalue weighted by Crippen LogP contribution is 2.35. The summed E-state index contributed by atoms with van der Waals surface area (Å²) in [6.45, 7) is 0.210. The van der Waals surface area contributed by atoms with Crippen molar-refractivity contribution in [1.82, 2.24) is 10.2 Å². The molecule has 0 bridgehead atoms. The number of ether oxygens (including phenoxy) is 3. The Hall–Kier alpha value is -3.88. The molecular weight excluding hydrogens is 366 g/mol. The van der Waals surface area contributed by atoms with E-state index in [1.54, 1.807) is 12.1 Å². The van der Waals surface area contributed by atoms with E-state index in [0.717, 1.165) is 0 Å². The van der Waals surface area contributed by atoms with Gasteiger partial charge in [-0.15, -0.1) is 5.10 Å². The van der Waals surface area contributed by atoms with Crippen molar-refractivity contribution in [3.63, 3.8) is 0 Å². The molecule has 1 N–H and O–H groups in total. The van der Waals surface area contributed by atoms with Crippen LogP contribution in [0.3, 0.4) is 0 Å². The standard InChI is InChI=1S/C19H15N3O6/c1-25-18(24)12-8-6-11(7-9-12)16(23)20-19-22-21-17(28-19)15-10-26-13-4-2-3-5-14(13)27-15/h2-9,15H,10H2,1H3,(H,20,22,23)/t15-/m0/s1. The first-order valence-electron chi connectivity index (χ1n) is 8.35. The van der Waals surface area contributed by atoms with Gasteiger partial charge in [0.25, 0.3) is 11.8 Å². The number of nitrogens with one attached hydrogen (secondary N) is 1. The number of hydrogen-bond donors (Lipinski definition) is 1. The number of aromatic nitrogens is 2. The Bertz CT molecular complexity index is 1010. The molecule has 0 spiro atoms. The molecule has 0 radical (unpaired) electrons. The van der Waals surface area contributed by atoms with Gasteiger partial charge in [-0.25, -0.2) is 4.79 Å². The molecule has 3 aromatic rings. The van der Waals surface area contributed by atoms with Crippen LogP contribution in [0.1, 0.15) is 32.7 Å². The predicted molar refractivity (Wildman–Crippen MR) is 95.3 cm³/mol. The SMILES string of the molecule is COC(=O)c1ccc(C(=O)Nc2nnc([C@@H]3COc4ccccc4O3)o2)cc1. The Labute approximate surface area is 159 Å². The summed E-state index contributed by atoms with van der Waals surface area (Å²) < 4.78 is 21.5. The van der Waals surface area contributed by atoms with Crippen LogP contribution in [0.2, 0.25) is 0 Å². The molecular formula is C19H15N3O6. The second-order valence-electron chi connectivity index (χ2n) is 5.83. The molecule has 1 aliphatic rings. The molecule has 1 aliphatic heterocycles. The third kappa shape index (κ3) is 3.50. The highest BCUT2D eigenvalue weighted by molar-refractivity contribution is 6.03. The van der Waals surface area contributed by atoms with E-state index in [-0.39, 0.29) is 18.5 Å². The molecule has 1 atom stereocenters. The maximum absolute atomic E-state index is 12.3. The third-order valence-corrected chi connectivity index (χ3v) is 4.01. The van der Waals surface area contributed by atoms with Crippen LogP contribution in [0, 0.1) is 0 Å². The average molecular weight is 381 g/mol. The lowest BCUT2D eigenvalue weighted by Gasteiger charge is -2.23. The average Bonchev–Trinajstić information content (AvgIpc) is 3.21. The maximum atomic E-state index is 12.3. The first-order chi connectivity index (χ1) is 13.6. The maximum Gasteiger partial charge on any atom is 0.337 e. The fourth-order valence-corrected chi connectivity index (χ4v) is 2.60. The van der Waals surface area contributed by atoms with Crippen molar-refractivity contribution in [1.29, 1.82) is 0 Å². The van der Waals surface area contributed by atoms with Crippen LogP contribution >= 0.6 is 0 Å². The second kappa shape index (κ2) is 7.39. The molecule has 0 saturated heterocycles. The van der Waals surface area contributed by atoms with E-state index in [1.807, 2.05) is 12.1 Å². The van der Waals surface area contributed by atoms with Gasteiger partial charge in [-0.05, 0) is 36.4 Å². The highest BCUT2D eigenvalue weighted by atomic mass is 16.6. The van der Waals surface area contributed by atoms with E-state index in [4.69, 9.17) is 13.9 Å². The smallest absolute Gasteiger partial charge is 0.337 e. The van der Waals surface area contributed by atoms with Gasteiger partial charge in [-0.1, -0.05) is 17.2 Å². The molecule has 2 aromatic carbocycles. The number of benzene rings is 2. The molecule has 4 rings (SSSR count). The quantitative estimate of drug-likeness (QED) is 0.686. The van der Waals surface area contributed by atoms with E-state index in [0.29, 0.717) is 22.6 Å². The number of hydrogen-bond acceptors (Lipinski definition) is 8. The molecule has 142 valence electrons. The van der Waals surface area contributed by atoms with Gasteiger partial charge in [-0.2, -0.15) is 0 Å². The molecule has 9 nitrogen and oxygen atoms in total. The van der Waals surface area contributed by atoms with Crippen LogP contribution in [-0.4, -0.2) is 35.8 Å². The molecule has 2 heterocycles. The Kier molecular flexibility index (Phi) is 4.63. The van der Waals surface area contributed by atoms with Crippen LogP contribution in [0.15, 0.2) is 52.9 Å². The first-order valence-corrected chi connectivity index (χ1v) is 8.35. The van der Waals surface area contributed by atoms with Gasteiger partial charge in [0.2, 0.25) is 6.10 Å². The zero-order valence-corrected chi connectivity index (χ0v) is 14.7. The van der Waals surface area contributed by atoms with Gasteiger partial charge in [0.1, 0.15) is 6.61 Å². The lowest BCUT2D eigenvalue weighted by Crippen LogP contribution is -2.21. The number of esters is 1. The fourth-order valence-electron chi connectivity index (χ4n) is 2.60. The number of methoxy groups -OCH3 is 1. The molecule has 0 fully saturated rings. The summed E-state index contributed by atoms with van der Waals surface area (Å²) in [4.78, 5) is 23.7. The number of para-hydroxylation sites is 2. The number of carbonyl (C=O) groups is 2. The second-order valence-corrected chi connectivity index (χ2v) is 5.83. The summed E-state index contributed by atoms with van der Waals surface area (Å²) in [5.41, 5.74) is 0.660. The van der Waals surface area contributed by atoms with Crippen molar-refractivity contribution in [2.24, 2.45) is 0 Å². The van der Waals surface area contributed by atoms with Crippen LogP contribution in [0.4, 0.5) is 6.01 Å².